The fourth-order valence-corrected chi connectivity index (χ4v) is 4.49. The zero-order valence-corrected chi connectivity index (χ0v) is 16.8. The highest BCUT2D eigenvalue weighted by Crippen LogP contribution is 2.40. The van der Waals surface area contributed by atoms with E-state index in [2.05, 4.69) is 10.2 Å². The summed E-state index contributed by atoms with van der Waals surface area (Å²) in [6, 6.07) is 20.7. The lowest BCUT2D eigenvalue weighted by Gasteiger charge is -2.28. The first-order valence-corrected chi connectivity index (χ1v) is 10.1. The smallest absolute Gasteiger partial charge is 0.262 e. The number of hydrogen-bond donors (Lipinski definition) is 1. The first-order chi connectivity index (χ1) is 14.6. The minimum Gasteiger partial charge on any atom is -0.277 e. The van der Waals surface area contributed by atoms with Crippen LogP contribution in [0.5, 0.6) is 0 Å². The van der Waals surface area contributed by atoms with Crippen LogP contribution in [0.3, 0.4) is 0 Å². The van der Waals surface area contributed by atoms with Gasteiger partial charge in [-0.2, -0.15) is 5.10 Å². The summed E-state index contributed by atoms with van der Waals surface area (Å²) in [6.07, 6.45) is 0.616. The number of amides is 2. The number of fused-ring (bicyclic) bond motifs is 2. The topological polar surface area (TPSA) is 66.1 Å². The maximum Gasteiger partial charge on any atom is 0.262 e. The summed E-state index contributed by atoms with van der Waals surface area (Å²) in [6.45, 7) is 4.03. The maximum absolute atomic E-state index is 13.2. The summed E-state index contributed by atoms with van der Waals surface area (Å²) in [4.78, 5) is 27.8. The molecule has 0 saturated heterocycles. The molecule has 1 unspecified atom stereocenters. The monoisotopic (exact) mass is 395 g/mol. The van der Waals surface area contributed by atoms with Gasteiger partial charge in [0.05, 0.1) is 22.7 Å². The van der Waals surface area contributed by atoms with E-state index in [1.807, 2.05) is 56.3 Å². The van der Waals surface area contributed by atoms with Gasteiger partial charge in [-0.15, -0.1) is 0 Å². The summed E-state index contributed by atoms with van der Waals surface area (Å²) >= 11 is 0. The Morgan fingerprint density at radius 1 is 0.900 bits per heavy atom. The zero-order chi connectivity index (χ0) is 20.8. The van der Waals surface area contributed by atoms with E-state index in [9.17, 15) is 9.59 Å². The zero-order valence-electron chi connectivity index (χ0n) is 16.8. The van der Waals surface area contributed by atoms with Crippen LogP contribution < -0.4 is 0 Å². The fourth-order valence-electron chi connectivity index (χ4n) is 4.49. The van der Waals surface area contributed by atoms with Crippen molar-refractivity contribution in [2.24, 2.45) is 0 Å². The molecule has 0 saturated carbocycles. The van der Waals surface area contributed by atoms with E-state index in [4.69, 9.17) is 0 Å². The molecule has 2 heterocycles. The minimum absolute atomic E-state index is 0.233. The Kier molecular flexibility index (Phi) is 4.24. The van der Waals surface area contributed by atoms with Crippen molar-refractivity contribution >= 4 is 22.7 Å². The number of nitrogens with zero attached hydrogens (tertiary/aromatic N) is 2. The van der Waals surface area contributed by atoms with Crippen molar-refractivity contribution in [3.63, 3.8) is 0 Å². The standard InChI is InChI=1S/C25H21N3O2/c1-3-20(28-24(29)17-11-7-8-12-18(17)25(28)30)21-15(2)13-14-19-22(21)23(27-26-19)16-9-5-4-6-10-16/h4-14,20H,3H2,1-2H3,(H,26,27). The summed E-state index contributed by atoms with van der Waals surface area (Å²) in [7, 11) is 0. The lowest BCUT2D eigenvalue weighted by Crippen LogP contribution is -2.34. The van der Waals surface area contributed by atoms with Gasteiger partial charge < -0.3 is 0 Å². The van der Waals surface area contributed by atoms with Gasteiger partial charge in [-0.05, 0) is 42.7 Å². The van der Waals surface area contributed by atoms with Gasteiger partial charge in [0.15, 0.2) is 0 Å². The highest BCUT2D eigenvalue weighted by Gasteiger charge is 2.40. The first kappa shape index (κ1) is 18.3. The Hall–Kier alpha value is -3.73. The van der Waals surface area contributed by atoms with Crippen molar-refractivity contribution in [1.29, 1.82) is 0 Å². The number of rotatable bonds is 4. The molecular weight excluding hydrogens is 374 g/mol. The van der Waals surface area contributed by atoms with E-state index in [-0.39, 0.29) is 17.9 Å². The normalized spacial score (nSPS) is 14.4. The number of hydrogen-bond acceptors (Lipinski definition) is 3. The van der Waals surface area contributed by atoms with Gasteiger partial charge in [0.2, 0.25) is 0 Å². The highest BCUT2D eigenvalue weighted by molar-refractivity contribution is 6.21. The molecule has 2 amide bonds. The first-order valence-electron chi connectivity index (χ1n) is 10.1. The number of aryl methyl sites for hydroxylation is 1. The van der Waals surface area contributed by atoms with Gasteiger partial charge >= 0.3 is 0 Å². The van der Waals surface area contributed by atoms with Crippen LogP contribution in [0.1, 0.15) is 51.2 Å². The molecule has 1 aliphatic rings. The van der Waals surface area contributed by atoms with Gasteiger partial charge in [-0.3, -0.25) is 19.6 Å². The number of benzene rings is 3. The third kappa shape index (κ3) is 2.59. The average Bonchev–Trinajstić information content (AvgIpc) is 3.31. The summed E-state index contributed by atoms with van der Waals surface area (Å²) < 4.78 is 0. The number of aromatic amines is 1. The van der Waals surface area contributed by atoms with Crippen LogP contribution in [0.15, 0.2) is 66.7 Å². The second kappa shape index (κ2) is 6.95. The molecule has 3 aromatic carbocycles. The van der Waals surface area contributed by atoms with Crippen LogP contribution in [0.25, 0.3) is 22.2 Å². The molecule has 0 fully saturated rings. The van der Waals surface area contributed by atoms with Crippen LogP contribution in [0.4, 0.5) is 0 Å². The predicted molar refractivity (Wildman–Crippen MR) is 116 cm³/mol. The molecule has 148 valence electrons. The van der Waals surface area contributed by atoms with Crippen molar-refractivity contribution < 1.29 is 9.59 Å². The van der Waals surface area contributed by atoms with Gasteiger partial charge in [-0.1, -0.05) is 55.5 Å². The Balaban J connectivity index is 1.73. The highest BCUT2D eigenvalue weighted by atomic mass is 16.2. The third-order valence-corrected chi connectivity index (χ3v) is 5.89. The number of carbonyl (C=O) groups excluding carboxylic acids is 2. The fraction of sp³-hybridized carbons (Fsp3) is 0.160. The number of imide groups is 1. The minimum atomic E-state index is -0.374. The molecule has 0 spiro atoms. The molecular formula is C25H21N3O2. The molecule has 1 N–H and O–H groups in total. The van der Waals surface area contributed by atoms with Crippen LogP contribution in [-0.2, 0) is 0 Å². The number of H-pyrrole nitrogens is 1. The van der Waals surface area contributed by atoms with E-state index in [0.29, 0.717) is 17.5 Å². The molecule has 5 nitrogen and oxygen atoms in total. The predicted octanol–water partition coefficient (Wildman–Crippen LogP) is 5.29. The van der Waals surface area contributed by atoms with E-state index in [0.717, 1.165) is 33.3 Å². The van der Waals surface area contributed by atoms with Gasteiger partial charge in [0.1, 0.15) is 5.69 Å². The van der Waals surface area contributed by atoms with Crippen LogP contribution in [0.2, 0.25) is 0 Å². The Morgan fingerprint density at radius 3 is 2.17 bits per heavy atom. The molecule has 0 aliphatic carbocycles. The molecule has 1 aromatic heterocycles. The van der Waals surface area contributed by atoms with Gasteiger partial charge in [0.25, 0.3) is 11.8 Å². The van der Waals surface area contributed by atoms with E-state index in [1.54, 1.807) is 24.3 Å². The Bertz CT molecular complexity index is 1260. The quantitative estimate of drug-likeness (QED) is 0.478. The lowest BCUT2D eigenvalue weighted by molar-refractivity contribution is 0.0578. The van der Waals surface area contributed by atoms with Crippen molar-refractivity contribution in [2.45, 2.75) is 26.3 Å². The number of nitrogens with one attached hydrogen (secondary N) is 1. The second-order valence-corrected chi connectivity index (χ2v) is 7.61. The summed E-state index contributed by atoms with van der Waals surface area (Å²) in [5.41, 5.74) is 5.67. The van der Waals surface area contributed by atoms with E-state index >= 15 is 0 Å². The molecule has 30 heavy (non-hydrogen) atoms. The molecule has 5 heteroatoms. The van der Waals surface area contributed by atoms with Crippen LogP contribution in [0, 0.1) is 6.92 Å². The maximum atomic E-state index is 13.2. The average molecular weight is 395 g/mol. The van der Waals surface area contributed by atoms with Crippen molar-refractivity contribution in [3.8, 4) is 11.3 Å². The van der Waals surface area contributed by atoms with Gasteiger partial charge in [-0.25, -0.2) is 0 Å². The summed E-state index contributed by atoms with van der Waals surface area (Å²) in [5.74, 6) is -0.466. The summed E-state index contributed by atoms with van der Waals surface area (Å²) in [5, 5.41) is 8.66. The third-order valence-electron chi connectivity index (χ3n) is 5.89. The second-order valence-electron chi connectivity index (χ2n) is 7.61. The molecule has 1 atom stereocenters. The molecule has 4 aromatic rings. The lowest BCUT2D eigenvalue weighted by atomic mass is 9.91. The van der Waals surface area contributed by atoms with Gasteiger partial charge in [0, 0.05) is 10.9 Å². The SMILES string of the molecule is CCC(c1c(C)ccc2[nH]nc(-c3ccccc3)c12)N1C(=O)c2ccccc2C1=O. The Morgan fingerprint density at radius 2 is 1.53 bits per heavy atom. The molecule has 0 radical (unpaired) electrons. The van der Waals surface area contributed by atoms with Crippen molar-refractivity contribution in [2.75, 3.05) is 0 Å². The van der Waals surface area contributed by atoms with Crippen LogP contribution in [-0.4, -0.2) is 26.9 Å². The van der Waals surface area contributed by atoms with Crippen molar-refractivity contribution in [3.05, 3.63) is 89.0 Å². The van der Waals surface area contributed by atoms with Crippen molar-refractivity contribution in [1.82, 2.24) is 15.1 Å². The number of aromatic nitrogens is 2. The molecule has 1 aliphatic heterocycles. The molecule has 5 rings (SSSR count). The van der Waals surface area contributed by atoms with Crippen LogP contribution >= 0.6 is 0 Å². The largest absolute Gasteiger partial charge is 0.277 e. The van der Waals surface area contributed by atoms with E-state index in [1.165, 1.54) is 4.90 Å². The Labute approximate surface area is 174 Å². The van der Waals surface area contributed by atoms with E-state index < -0.39 is 0 Å². The number of carbonyl (C=O) groups is 2. The molecule has 0 bridgehead atoms.